The number of amides is 2. The van der Waals surface area contributed by atoms with Gasteiger partial charge in [0.05, 0.1) is 5.56 Å². The van der Waals surface area contributed by atoms with Gasteiger partial charge in [0.2, 0.25) is 5.95 Å². The molecule has 5 rings (SSSR count). The number of carbonyl (C=O) groups excluding carboxylic acids is 2. The number of nitrogens with zero attached hydrogens (tertiary/aromatic N) is 3. The Morgan fingerprint density at radius 3 is 2.45 bits per heavy atom. The highest BCUT2D eigenvalue weighted by molar-refractivity contribution is 5.95. The summed E-state index contributed by atoms with van der Waals surface area (Å²) in [7, 11) is 0. The average molecular weight is 418 g/mol. The van der Waals surface area contributed by atoms with Crippen molar-refractivity contribution in [2.45, 2.75) is 18.4 Å². The van der Waals surface area contributed by atoms with Crippen molar-refractivity contribution in [3.63, 3.8) is 0 Å². The first kappa shape index (κ1) is 19.2. The molecule has 0 unspecified atom stereocenters. The summed E-state index contributed by atoms with van der Waals surface area (Å²) in [6, 6.07) is 13.5. The van der Waals surface area contributed by atoms with Crippen LogP contribution in [0, 0.1) is 5.82 Å². The Balaban J connectivity index is 1.24. The van der Waals surface area contributed by atoms with Gasteiger partial charge >= 0.3 is 12.0 Å². The van der Waals surface area contributed by atoms with Crippen LogP contribution in [0.2, 0.25) is 0 Å². The Kier molecular flexibility index (Phi) is 4.62. The van der Waals surface area contributed by atoms with Crippen molar-refractivity contribution >= 4 is 17.9 Å². The monoisotopic (exact) mass is 418 g/mol. The average Bonchev–Trinajstić information content (AvgIpc) is 3.05. The largest absolute Gasteiger partial charge is 0.450 e. The fourth-order valence-corrected chi connectivity index (χ4v) is 4.15. The van der Waals surface area contributed by atoms with Gasteiger partial charge in [-0.1, -0.05) is 30.3 Å². The summed E-state index contributed by atoms with van der Waals surface area (Å²) in [5.74, 6) is -0.641. The van der Waals surface area contributed by atoms with Crippen molar-refractivity contribution in [1.29, 1.82) is 0 Å². The fraction of sp³-hybridized carbons (Fsp3) is 0.217. The maximum Gasteiger partial charge on any atom is 0.339 e. The Bertz CT molecular complexity index is 1140. The molecule has 2 amide bonds. The Labute approximate surface area is 177 Å². The van der Waals surface area contributed by atoms with Crippen LogP contribution < -0.4 is 5.32 Å². The minimum absolute atomic E-state index is 0.213. The zero-order valence-corrected chi connectivity index (χ0v) is 16.5. The molecule has 0 radical (unpaired) electrons. The SMILES string of the molecule is O=C1OC2(CCN(C(=O)Nc3ncc(-c4ccccc4)cn3)CC2)c2cc(F)ccc21. The number of benzene rings is 2. The van der Waals surface area contributed by atoms with Crippen LogP contribution in [0.5, 0.6) is 0 Å². The molecule has 7 nitrogen and oxygen atoms in total. The molecule has 1 spiro atoms. The van der Waals surface area contributed by atoms with E-state index in [9.17, 15) is 14.0 Å². The molecule has 3 heterocycles. The number of hydrogen-bond donors (Lipinski definition) is 1. The van der Waals surface area contributed by atoms with Crippen LogP contribution in [0.3, 0.4) is 0 Å². The molecule has 0 bridgehead atoms. The van der Waals surface area contributed by atoms with Gasteiger partial charge in [-0.05, 0) is 23.8 Å². The number of esters is 1. The number of hydrogen-bond acceptors (Lipinski definition) is 5. The molecule has 0 aliphatic carbocycles. The van der Waals surface area contributed by atoms with Crippen molar-refractivity contribution in [2.24, 2.45) is 0 Å². The van der Waals surface area contributed by atoms with E-state index in [-0.39, 0.29) is 12.0 Å². The van der Waals surface area contributed by atoms with Gasteiger partial charge in [0.25, 0.3) is 0 Å². The van der Waals surface area contributed by atoms with Crippen LogP contribution in [0.1, 0.15) is 28.8 Å². The smallest absolute Gasteiger partial charge is 0.339 e. The van der Waals surface area contributed by atoms with Crippen LogP contribution in [0.25, 0.3) is 11.1 Å². The number of ether oxygens (including phenoxy) is 1. The van der Waals surface area contributed by atoms with E-state index in [0.29, 0.717) is 37.1 Å². The predicted octanol–water partition coefficient (Wildman–Crippen LogP) is 3.98. The first-order chi connectivity index (χ1) is 15.0. The Morgan fingerprint density at radius 2 is 1.74 bits per heavy atom. The van der Waals surface area contributed by atoms with Crippen molar-refractivity contribution in [2.75, 3.05) is 18.4 Å². The highest BCUT2D eigenvalue weighted by Crippen LogP contribution is 2.44. The number of aromatic nitrogens is 2. The number of urea groups is 1. The molecule has 2 aliphatic rings. The van der Waals surface area contributed by atoms with Gasteiger partial charge in [0.15, 0.2) is 0 Å². The van der Waals surface area contributed by atoms with Gasteiger partial charge in [-0.25, -0.2) is 23.9 Å². The molecular formula is C23H19FN4O3. The number of likely N-dealkylation sites (tertiary alicyclic amines) is 1. The second-order valence-corrected chi connectivity index (χ2v) is 7.65. The number of fused-ring (bicyclic) bond motifs is 2. The van der Waals surface area contributed by atoms with Crippen molar-refractivity contribution in [3.8, 4) is 11.1 Å². The van der Waals surface area contributed by atoms with Gasteiger partial charge in [-0.2, -0.15) is 0 Å². The van der Waals surface area contributed by atoms with E-state index in [1.807, 2.05) is 30.3 Å². The normalized spacial score (nSPS) is 16.7. The van der Waals surface area contributed by atoms with Crippen LogP contribution in [0.15, 0.2) is 60.9 Å². The lowest BCUT2D eigenvalue weighted by Gasteiger charge is -2.38. The molecule has 1 aromatic heterocycles. The summed E-state index contributed by atoms with van der Waals surface area (Å²) in [5.41, 5.74) is 1.93. The summed E-state index contributed by atoms with van der Waals surface area (Å²) < 4.78 is 19.4. The molecular weight excluding hydrogens is 399 g/mol. The van der Waals surface area contributed by atoms with E-state index in [0.717, 1.165) is 11.1 Å². The standard InChI is InChI=1S/C23H19FN4O3/c24-17-6-7-18-19(12-17)23(31-20(18)29)8-10-28(11-9-23)22(30)27-21-25-13-16(14-26-21)15-4-2-1-3-5-15/h1-7,12-14H,8-11H2,(H,25,26,27,30). The number of halogens is 1. The molecule has 8 heteroatoms. The molecule has 31 heavy (non-hydrogen) atoms. The van der Waals surface area contributed by atoms with Gasteiger partial charge in [-0.15, -0.1) is 0 Å². The molecule has 1 saturated heterocycles. The number of carbonyl (C=O) groups is 2. The second kappa shape index (κ2) is 7.46. The topological polar surface area (TPSA) is 84.4 Å². The molecule has 156 valence electrons. The Hall–Kier alpha value is -3.81. The quantitative estimate of drug-likeness (QED) is 0.637. The highest BCUT2D eigenvalue weighted by atomic mass is 19.1. The van der Waals surface area contributed by atoms with E-state index < -0.39 is 17.4 Å². The summed E-state index contributed by atoms with van der Waals surface area (Å²) in [6.07, 6.45) is 4.12. The Morgan fingerprint density at radius 1 is 1.03 bits per heavy atom. The van der Waals surface area contributed by atoms with E-state index >= 15 is 0 Å². The minimum atomic E-state index is -0.876. The van der Waals surface area contributed by atoms with Gasteiger partial charge < -0.3 is 9.64 Å². The minimum Gasteiger partial charge on any atom is -0.450 e. The lowest BCUT2D eigenvalue weighted by atomic mass is 9.84. The summed E-state index contributed by atoms with van der Waals surface area (Å²) in [6.45, 7) is 0.717. The fourth-order valence-electron chi connectivity index (χ4n) is 4.15. The zero-order chi connectivity index (χ0) is 21.4. The summed E-state index contributed by atoms with van der Waals surface area (Å²) in [4.78, 5) is 34.9. The molecule has 0 saturated carbocycles. The van der Waals surface area contributed by atoms with E-state index in [2.05, 4.69) is 15.3 Å². The lowest BCUT2D eigenvalue weighted by molar-refractivity contribution is -0.0364. The summed E-state index contributed by atoms with van der Waals surface area (Å²) >= 11 is 0. The number of anilines is 1. The van der Waals surface area contributed by atoms with Crippen LogP contribution in [-0.2, 0) is 10.3 Å². The first-order valence-electron chi connectivity index (χ1n) is 10.0. The van der Waals surface area contributed by atoms with Crippen LogP contribution in [-0.4, -0.2) is 40.0 Å². The van der Waals surface area contributed by atoms with Crippen molar-refractivity contribution in [1.82, 2.24) is 14.9 Å². The predicted molar refractivity (Wildman–Crippen MR) is 111 cm³/mol. The van der Waals surface area contributed by atoms with Crippen LogP contribution >= 0.6 is 0 Å². The number of nitrogens with one attached hydrogen (secondary N) is 1. The van der Waals surface area contributed by atoms with Crippen LogP contribution in [0.4, 0.5) is 15.1 Å². The molecule has 2 aliphatic heterocycles. The molecule has 1 fully saturated rings. The third kappa shape index (κ3) is 3.50. The van der Waals surface area contributed by atoms with Crippen molar-refractivity contribution in [3.05, 3.63) is 77.9 Å². The third-order valence-corrected chi connectivity index (χ3v) is 5.82. The number of rotatable bonds is 2. The highest BCUT2D eigenvalue weighted by Gasteiger charge is 2.48. The van der Waals surface area contributed by atoms with Gasteiger partial charge in [0, 0.05) is 49.5 Å². The number of piperidine rings is 1. The van der Waals surface area contributed by atoms with Gasteiger partial charge in [-0.3, -0.25) is 5.32 Å². The lowest BCUT2D eigenvalue weighted by Crippen LogP contribution is -2.47. The maximum absolute atomic E-state index is 13.8. The maximum atomic E-state index is 13.8. The van der Waals surface area contributed by atoms with E-state index in [1.54, 1.807) is 17.3 Å². The van der Waals surface area contributed by atoms with Gasteiger partial charge in [0.1, 0.15) is 11.4 Å². The molecule has 3 aromatic rings. The third-order valence-electron chi connectivity index (χ3n) is 5.82. The molecule has 1 N–H and O–H groups in total. The van der Waals surface area contributed by atoms with E-state index in [4.69, 9.17) is 4.74 Å². The first-order valence-corrected chi connectivity index (χ1v) is 10.0. The summed E-state index contributed by atoms with van der Waals surface area (Å²) in [5, 5.41) is 2.70. The van der Waals surface area contributed by atoms with E-state index in [1.165, 1.54) is 18.2 Å². The second-order valence-electron chi connectivity index (χ2n) is 7.65. The molecule has 0 atom stereocenters. The van der Waals surface area contributed by atoms with Crippen molar-refractivity contribution < 1.29 is 18.7 Å². The zero-order valence-electron chi connectivity index (χ0n) is 16.5. The molecule has 2 aromatic carbocycles.